The Labute approximate surface area is 208 Å². The van der Waals surface area contributed by atoms with Crippen LogP contribution in [0.15, 0.2) is 46.9 Å². The number of rotatable bonds is 12. The molecule has 0 bridgehead atoms. The van der Waals surface area contributed by atoms with Gasteiger partial charge < -0.3 is 14.2 Å². The van der Waals surface area contributed by atoms with Gasteiger partial charge in [-0.1, -0.05) is 0 Å². The molecule has 13 nitrogen and oxygen atoms in total. The molecular formula is C22H21N5O8S. The molecule has 0 aliphatic heterocycles. The van der Waals surface area contributed by atoms with Gasteiger partial charge in [-0.25, -0.2) is 4.98 Å². The van der Waals surface area contributed by atoms with Gasteiger partial charge in [-0.2, -0.15) is 5.10 Å². The summed E-state index contributed by atoms with van der Waals surface area (Å²) in [5.74, 6) is -0.0535. The number of thiazole rings is 1. The minimum absolute atomic E-state index is 0.0713. The molecule has 0 saturated heterocycles. The van der Waals surface area contributed by atoms with Crippen LogP contribution in [0.25, 0.3) is 0 Å². The molecule has 0 saturated carbocycles. The van der Waals surface area contributed by atoms with Crippen molar-refractivity contribution in [3.05, 3.63) is 73.3 Å². The highest BCUT2D eigenvalue weighted by Crippen LogP contribution is 2.38. The second-order valence-corrected chi connectivity index (χ2v) is 7.76. The van der Waals surface area contributed by atoms with Gasteiger partial charge in [-0.3, -0.25) is 30.4 Å². The lowest BCUT2D eigenvalue weighted by Gasteiger charge is -2.12. The number of esters is 1. The summed E-state index contributed by atoms with van der Waals surface area (Å²) >= 11 is 1.28. The van der Waals surface area contributed by atoms with Crippen LogP contribution in [0.4, 0.5) is 16.5 Å². The maximum Gasteiger partial charge on any atom is 0.318 e. The Morgan fingerprint density at radius 1 is 1.08 bits per heavy atom. The number of nitro groups is 2. The Morgan fingerprint density at radius 2 is 1.86 bits per heavy atom. The third kappa shape index (κ3) is 6.96. The molecule has 0 spiro atoms. The number of nitro benzene ring substituents is 2. The molecule has 36 heavy (non-hydrogen) atoms. The third-order valence-electron chi connectivity index (χ3n) is 4.39. The van der Waals surface area contributed by atoms with Gasteiger partial charge in [0.2, 0.25) is 10.9 Å². The van der Waals surface area contributed by atoms with E-state index in [1.807, 2.05) is 0 Å². The van der Waals surface area contributed by atoms with E-state index in [0.29, 0.717) is 35.4 Å². The number of nitrogens with one attached hydrogen (secondary N) is 1. The molecule has 0 aliphatic rings. The quantitative estimate of drug-likeness (QED) is 0.154. The summed E-state index contributed by atoms with van der Waals surface area (Å²) in [6.07, 6.45) is 1.58. The van der Waals surface area contributed by atoms with Gasteiger partial charge in [0.15, 0.2) is 11.5 Å². The molecule has 1 N–H and O–H groups in total. The number of carbonyl (C=O) groups is 1. The lowest BCUT2D eigenvalue weighted by atomic mass is 10.2. The van der Waals surface area contributed by atoms with E-state index in [2.05, 4.69) is 15.5 Å². The molecule has 0 amide bonds. The number of benzene rings is 2. The normalized spacial score (nSPS) is 10.7. The van der Waals surface area contributed by atoms with Crippen molar-refractivity contribution in [2.45, 2.75) is 20.3 Å². The molecule has 1 aromatic heterocycles. The average molecular weight is 516 g/mol. The Kier molecular flexibility index (Phi) is 8.83. The van der Waals surface area contributed by atoms with Gasteiger partial charge >= 0.3 is 11.7 Å². The molecule has 0 fully saturated rings. The number of anilines is 1. The van der Waals surface area contributed by atoms with Crippen LogP contribution in [-0.4, -0.2) is 40.2 Å². The van der Waals surface area contributed by atoms with E-state index in [1.165, 1.54) is 17.6 Å². The Hall–Kier alpha value is -4.59. The summed E-state index contributed by atoms with van der Waals surface area (Å²) in [5.41, 5.74) is 3.00. The van der Waals surface area contributed by atoms with Gasteiger partial charge in [0, 0.05) is 11.4 Å². The van der Waals surface area contributed by atoms with Gasteiger partial charge in [-0.05, 0) is 43.7 Å². The number of carbonyl (C=O) groups excluding carboxylic acids is 1. The number of hydrogen-bond acceptors (Lipinski definition) is 12. The molecule has 0 aliphatic carbocycles. The maximum absolute atomic E-state index is 11.6. The smallest absolute Gasteiger partial charge is 0.318 e. The molecule has 0 unspecified atom stereocenters. The number of hydrogen-bond donors (Lipinski definition) is 1. The van der Waals surface area contributed by atoms with Gasteiger partial charge in [0.1, 0.15) is 0 Å². The minimum Gasteiger partial charge on any atom is -0.490 e. The second kappa shape index (κ2) is 12.2. The van der Waals surface area contributed by atoms with Crippen molar-refractivity contribution in [1.82, 2.24) is 4.98 Å². The first-order valence-corrected chi connectivity index (χ1v) is 11.4. The zero-order chi connectivity index (χ0) is 26.1. The summed E-state index contributed by atoms with van der Waals surface area (Å²) in [7, 11) is 0. The summed E-state index contributed by atoms with van der Waals surface area (Å²) < 4.78 is 16.2. The van der Waals surface area contributed by atoms with Crippen molar-refractivity contribution in [3.8, 4) is 17.2 Å². The van der Waals surface area contributed by atoms with Crippen molar-refractivity contribution in [2.24, 2.45) is 5.10 Å². The predicted octanol–water partition coefficient (Wildman–Crippen LogP) is 4.70. The molecular weight excluding hydrogens is 494 g/mol. The van der Waals surface area contributed by atoms with Crippen LogP contribution in [0.5, 0.6) is 17.2 Å². The highest BCUT2D eigenvalue weighted by Gasteiger charge is 2.22. The Balaban J connectivity index is 1.74. The van der Waals surface area contributed by atoms with Crippen molar-refractivity contribution in [2.75, 3.05) is 18.6 Å². The van der Waals surface area contributed by atoms with Crippen LogP contribution in [-0.2, 0) is 16.0 Å². The number of non-ortho nitro benzene ring substituents is 1. The number of aromatic nitrogens is 1. The van der Waals surface area contributed by atoms with Crippen LogP contribution in [0.1, 0.15) is 25.1 Å². The van der Waals surface area contributed by atoms with E-state index in [9.17, 15) is 25.0 Å². The van der Waals surface area contributed by atoms with Crippen molar-refractivity contribution in [1.29, 1.82) is 0 Å². The van der Waals surface area contributed by atoms with Crippen LogP contribution in [0, 0.1) is 20.2 Å². The monoisotopic (exact) mass is 515 g/mol. The van der Waals surface area contributed by atoms with E-state index in [4.69, 9.17) is 14.2 Å². The molecule has 0 atom stereocenters. The number of nitrogens with zero attached hydrogens (tertiary/aromatic N) is 4. The summed E-state index contributed by atoms with van der Waals surface area (Å²) in [5, 5.41) is 28.7. The second-order valence-electron chi connectivity index (χ2n) is 6.90. The van der Waals surface area contributed by atoms with E-state index in [-0.39, 0.29) is 23.9 Å². The van der Waals surface area contributed by atoms with Gasteiger partial charge in [0.05, 0.1) is 47.5 Å². The first kappa shape index (κ1) is 26.0. The molecule has 2 aromatic carbocycles. The highest BCUT2D eigenvalue weighted by molar-refractivity contribution is 7.13. The largest absolute Gasteiger partial charge is 0.490 e. The fourth-order valence-corrected chi connectivity index (χ4v) is 3.54. The predicted molar refractivity (Wildman–Crippen MR) is 131 cm³/mol. The molecule has 3 aromatic rings. The fourth-order valence-electron chi connectivity index (χ4n) is 2.89. The SMILES string of the molecule is CCOC(=O)Cc1csc(NN=Cc2ccc(Oc3ccc([N+](=O)[O-])cc3[N+](=O)[O-])c(OCC)c2)n1. The van der Waals surface area contributed by atoms with Crippen molar-refractivity contribution < 1.29 is 28.9 Å². The average Bonchev–Trinajstić information content (AvgIpc) is 3.27. The van der Waals surface area contributed by atoms with Gasteiger partial charge in [-0.15, -0.1) is 11.3 Å². The number of hydrazone groups is 1. The first-order chi connectivity index (χ1) is 17.3. The zero-order valence-electron chi connectivity index (χ0n) is 19.2. The van der Waals surface area contributed by atoms with Crippen LogP contribution in [0.2, 0.25) is 0 Å². The first-order valence-electron chi connectivity index (χ1n) is 10.6. The van der Waals surface area contributed by atoms with E-state index >= 15 is 0 Å². The van der Waals surface area contributed by atoms with E-state index in [1.54, 1.807) is 37.4 Å². The highest BCUT2D eigenvalue weighted by atomic mass is 32.1. The summed E-state index contributed by atoms with van der Waals surface area (Å²) in [6, 6.07) is 7.92. The van der Waals surface area contributed by atoms with E-state index < -0.39 is 21.2 Å². The molecule has 1 heterocycles. The summed E-state index contributed by atoms with van der Waals surface area (Å²) in [6.45, 7) is 4.09. The Bertz CT molecular complexity index is 1290. The van der Waals surface area contributed by atoms with Crippen LogP contribution >= 0.6 is 11.3 Å². The number of ether oxygens (including phenoxy) is 3. The Morgan fingerprint density at radius 3 is 2.56 bits per heavy atom. The summed E-state index contributed by atoms with van der Waals surface area (Å²) in [4.78, 5) is 36.7. The lowest BCUT2D eigenvalue weighted by Crippen LogP contribution is -2.07. The molecule has 14 heteroatoms. The van der Waals surface area contributed by atoms with Crippen molar-refractivity contribution >= 4 is 40.0 Å². The lowest BCUT2D eigenvalue weighted by molar-refractivity contribution is -0.394. The zero-order valence-corrected chi connectivity index (χ0v) is 20.0. The standard InChI is InChI=1S/C22H21N5O8S/c1-3-33-20-9-14(12-23-25-22-24-15(13-36-22)10-21(28)34-4-2)5-7-19(20)35-18-8-6-16(26(29)30)11-17(18)27(31)32/h5-9,11-13H,3-4,10H2,1-2H3,(H,24,25). The van der Waals surface area contributed by atoms with E-state index in [0.717, 1.165) is 18.2 Å². The molecule has 188 valence electrons. The fraction of sp³-hybridized carbons (Fsp3) is 0.227. The maximum atomic E-state index is 11.6. The van der Waals surface area contributed by atoms with Crippen molar-refractivity contribution in [3.63, 3.8) is 0 Å². The minimum atomic E-state index is -0.758. The van der Waals surface area contributed by atoms with Crippen LogP contribution < -0.4 is 14.9 Å². The third-order valence-corrected chi connectivity index (χ3v) is 5.19. The molecule has 0 radical (unpaired) electrons. The molecule has 3 rings (SSSR count). The van der Waals surface area contributed by atoms with Crippen LogP contribution in [0.3, 0.4) is 0 Å². The van der Waals surface area contributed by atoms with Gasteiger partial charge in [0.25, 0.3) is 5.69 Å². The topological polar surface area (TPSA) is 168 Å².